The predicted molar refractivity (Wildman–Crippen MR) is 122 cm³/mol. The van der Waals surface area contributed by atoms with Gasteiger partial charge in [-0.1, -0.05) is 13.8 Å². The summed E-state index contributed by atoms with van der Waals surface area (Å²) >= 11 is 0. The first-order valence-electron chi connectivity index (χ1n) is 10.3. The van der Waals surface area contributed by atoms with E-state index in [9.17, 15) is 9.59 Å². The van der Waals surface area contributed by atoms with Crippen molar-refractivity contribution in [2.24, 2.45) is 5.92 Å². The topological polar surface area (TPSA) is 76.7 Å². The Morgan fingerprint density at radius 3 is 2.21 bits per heavy atom. The van der Waals surface area contributed by atoms with Crippen LogP contribution < -0.4 is 20.9 Å². The number of carbonyl (C=O) groups is 2. The Labute approximate surface area is 176 Å². The Balaban J connectivity index is 3.26. The van der Waals surface area contributed by atoms with Crippen molar-refractivity contribution in [2.75, 3.05) is 30.9 Å². The Hall–Kier alpha value is -2.44. The molecule has 0 saturated heterocycles. The number of anilines is 2. The molecule has 3 N–H and O–H groups in total. The van der Waals surface area contributed by atoms with Crippen LogP contribution in [0.15, 0.2) is 18.2 Å². The zero-order valence-corrected chi connectivity index (χ0v) is 19.5. The van der Waals surface area contributed by atoms with Crippen LogP contribution in [-0.4, -0.2) is 49.2 Å². The van der Waals surface area contributed by atoms with Crippen LogP contribution in [0.2, 0.25) is 0 Å². The minimum Gasteiger partial charge on any atom is -0.377 e. The highest BCUT2D eigenvalue weighted by molar-refractivity contribution is 5.89. The average molecular weight is 406 g/mol. The SMILES string of the molecule is CCNC(=O)Nc1ccc(N(C)C)c(CN(C(=O)NC(C)(C)C)[C@@H](C)C(C)C)c1. The molecule has 4 amide bonds. The summed E-state index contributed by atoms with van der Waals surface area (Å²) in [7, 11) is 3.95. The second-order valence-corrected chi connectivity index (χ2v) is 9.02. The molecule has 0 unspecified atom stereocenters. The van der Waals surface area contributed by atoms with Crippen molar-refractivity contribution in [1.82, 2.24) is 15.5 Å². The fourth-order valence-electron chi connectivity index (χ4n) is 2.90. The van der Waals surface area contributed by atoms with Crippen LogP contribution >= 0.6 is 0 Å². The van der Waals surface area contributed by atoms with E-state index >= 15 is 0 Å². The van der Waals surface area contributed by atoms with E-state index in [1.165, 1.54) is 0 Å². The van der Waals surface area contributed by atoms with Crippen molar-refractivity contribution in [3.63, 3.8) is 0 Å². The summed E-state index contributed by atoms with van der Waals surface area (Å²) in [6.07, 6.45) is 0. The van der Waals surface area contributed by atoms with Gasteiger partial charge in [-0.15, -0.1) is 0 Å². The third-order valence-electron chi connectivity index (χ3n) is 4.70. The molecule has 0 saturated carbocycles. The van der Waals surface area contributed by atoms with E-state index in [-0.39, 0.29) is 23.6 Å². The average Bonchev–Trinajstić information content (AvgIpc) is 2.57. The molecular formula is C22H39N5O2. The molecule has 0 heterocycles. The summed E-state index contributed by atoms with van der Waals surface area (Å²) in [6.45, 7) is 15.1. The number of hydrogen-bond acceptors (Lipinski definition) is 3. The molecule has 0 spiro atoms. The number of urea groups is 2. The lowest BCUT2D eigenvalue weighted by atomic mass is 10.0. The van der Waals surface area contributed by atoms with Crippen LogP contribution in [0.4, 0.5) is 21.0 Å². The van der Waals surface area contributed by atoms with Gasteiger partial charge >= 0.3 is 12.1 Å². The van der Waals surface area contributed by atoms with E-state index < -0.39 is 0 Å². The van der Waals surface area contributed by atoms with Gasteiger partial charge in [0.2, 0.25) is 0 Å². The lowest BCUT2D eigenvalue weighted by Gasteiger charge is -2.35. The predicted octanol–water partition coefficient (Wildman–Crippen LogP) is 4.25. The molecule has 7 heteroatoms. The monoisotopic (exact) mass is 405 g/mol. The Morgan fingerprint density at radius 1 is 1.10 bits per heavy atom. The van der Waals surface area contributed by atoms with Gasteiger partial charge in [0.15, 0.2) is 0 Å². The number of rotatable bonds is 7. The third kappa shape index (κ3) is 7.83. The van der Waals surface area contributed by atoms with Gasteiger partial charge in [0.1, 0.15) is 0 Å². The van der Waals surface area contributed by atoms with Crippen LogP contribution in [0, 0.1) is 5.92 Å². The number of hydrogen-bond donors (Lipinski definition) is 3. The number of nitrogens with one attached hydrogen (secondary N) is 3. The van der Waals surface area contributed by atoms with Crippen LogP contribution in [0.5, 0.6) is 0 Å². The maximum absolute atomic E-state index is 13.1. The van der Waals surface area contributed by atoms with Gasteiger partial charge in [0.05, 0.1) is 0 Å². The number of nitrogens with zero attached hydrogens (tertiary/aromatic N) is 2. The molecule has 0 radical (unpaired) electrons. The van der Waals surface area contributed by atoms with Crippen LogP contribution in [-0.2, 0) is 6.54 Å². The summed E-state index contributed by atoms with van der Waals surface area (Å²) in [4.78, 5) is 28.9. The van der Waals surface area contributed by atoms with Crippen molar-refractivity contribution in [3.8, 4) is 0 Å². The highest BCUT2D eigenvalue weighted by atomic mass is 16.2. The Morgan fingerprint density at radius 2 is 1.72 bits per heavy atom. The van der Waals surface area contributed by atoms with Crippen molar-refractivity contribution in [3.05, 3.63) is 23.8 Å². The standard InChI is InChI=1S/C22H39N5O2/c1-10-23-20(28)24-18-11-12-19(26(8)9)17(13-18)14-27(16(4)15(2)3)21(29)25-22(5,6)7/h11-13,15-16H,10,14H2,1-9H3,(H,25,29)(H2,23,24,28)/t16-/m0/s1. The summed E-state index contributed by atoms with van der Waals surface area (Å²) in [5.41, 5.74) is 2.36. The second-order valence-electron chi connectivity index (χ2n) is 9.02. The fourth-order valence-corrected chi connectivity index (χ4v) is 2.90. The smallest absolute Gasteiger partial charge is 0.319 e. The molecule has 1 aromatic rings. The van der Waals surface area contributed by atoms with Gasteiger partial charge in [-0.3, -0.25) is 0 Å². The molecule has 164 valence electrons. The molecule has 0 bridgehead atoms. The quantitative estimate of drug-likeness (QED) is 0.635. The highest BCUT2D eigenvalue weighted by Crippen LogP contribution is 2.26. The second kappa shape index (κ2) is 10.4. The maximum Gasteiger partial charge on any atom is 0.319 e. The first-order chi connectivity index (χ1) is 13.4. The molecule has 0 aliphatic rings. The van der Waals surface area contributed by atoms with E-state index in [1.54, 1.807) is 0 Å². The Bertz CT molecular complexity index is 695. The molecule has 1 aromatic carbocycles. The van der Waals surface area contributed by atoms with E-state index in [1.807, 2.05) is 69.8 Å². The molecule has 29 heavy (non-hydrogen) atoms. The molecular weight excluding hydrogens is 366 g/mol. The van der Waals surface area contributed by atoms with E-state index in [4.69, 9.17) is 0 Å². The zero-order chi connectivity index (χ0) is 22.4. The number of benzene rings is 1. The molecule has 0 fully saturated rings. The number of amides is 4. The van der Waals surface area contributed by atoms with Gasteiger partial charge in [0.25, 0.3) is 0 Å². The van der Waals surface area contributed by atoms with Crippen molar-refractivity contribution >= 4 is 23.4 Å². The third-order valence-corrected chi connectivity index (χ3v) is 4.70. The van der Waals surface area contributed by atoms with Gasteiger partial charge in [-0.2, -0.15) is 0 Å². The zero-order valence-electron chi connectivity index (χ0n) is 19.5. The molecule has 0 aromatic heterocycles. The first kappa shape index (κ1) is 24.6. The highest BCUT2D eigenvalue weighted by Gasteiger charge is 2.27. The molecule has 7 nitrogen and oxygen atoms in total. The van der Waals surface area contributed by atoms with Crippen molar-refractivity contribution in [1.29, 1.82) is 0 Å². The summed E-state index contributed by atoms with van der Waals surface area (Å²) in [5.74, 6) is 0.306. The van der Waals surface area contributed by atoms with Gasteiger partial charge in [-0.05, 0) is 64.3 Å². The molecule has 1 atom stereocenters. The van der Waals surface area contributed by atoms with Crippen LogP contribution in [0.1, 0.15) is 54.0 Å². The van der Waals surface area contributed by atoms with E-state index in [0.717, 1.165) is 11.3 Å². The van der Waals surface area contributed by atoms with Gasteiger partial charge < -0.3 is 25.8 Å². The lowest BCUT2D eigenvalue weighted by Crippen LogP contribution is -2.52. The largest absolute Gasteiger partial charge is 0.377 e. The first-order valence-corrected chi connectivity index (χ1v) is 10.3. The normalized spacial score (nSPS) is 12.3. The fraction of sp³-hybridized carbons (Fsp3) is 0.636. The number of carbonyl (C=O) groups excluding carboxylic acids is 2. The minimum atomic E-state index is -0.321. The van der Waals surface area contributed by atoms with Gasteiger partial charge in [-0.25, -0.2) is 9.59 Å². The van der Waals surface area contributed by atoms with Crippen molar-refractivity contribution < 1.29 is 9.59 Å². The molecule has 0 aliphatic heterocycles. The van der Waals surface area contributed by atoms with Crippen LogP contribution in [0.25, 0.3) is 0 Å². The molecule has 1 rings (SSSR count). The summed E-state index contributed by atoms with van der Waals surface area (Å²) < 4.78 is 0. The summed E-state index contributed by atoms with van der Waals surface area (Å²) in [6, 6.07) is 5.50. The van der Waals surface area contributed by atoms with Crippen LogP contribution in [0.3, 0.4) is 0 Å². The van der Waals surface area contributed by atoms with Crippen molar-refractivity contribution in [2.45, 2.75) is 66.6 Å². The van der Waals surface area contributed by atoms with E-state index in [0.29, 0.717) is 24.7 Å². The molecule has 0 aliphatic carbocycles. The minimum absolute atomic E-state index is 0.0485. The summed E-state index contributed by atoms with van der Waals surface area (Å²) in [5, 5.41) is 8.67. The lowest BCUT2D eigenvalue weighted by molar-refractivity contribution is 0.150. The maximum atomic E-state index is 13.1. The Kier molecular flexibility index (Phi) is 8.80. The van der Waals surface area contributed by atoms with E-state index in [2.05, 4.69) is 36.7 Å². The van der Waals surface area contributed by atoms with Gasteiger partial charge in [0, 0.05) is 50.1 Å².